The van der Waals surface area contributed by atoms with Crippen molar-refractivity contribution in [2.45, 2.75) is 83.4 Å². The van der Waals surface area contributed by atoms with Gasteiger partial charge in [-0.1, -0.05) is 49.8 Å². The van der Waals surface area contributed by atoms with Gasteiger partial charge in [0.25, 0.3) is 0 Å². The molecule has 4 rings (SSSR count). The van der Waals surface area contributed by atoms with Gasteiger partial charge in [0.05, 0.1) is 0 Å². The Labute approximate surface area is 195 Å². The zero-order valence-corrected chi connectivity index (χ0v) is 20.0. The fourth-order valence-electron chi connectivity index (χ4n) is 5.79. The highest BCUT2D eigenvalue weighted by Crippen LogP contribution is 2.61. The summed E-state index contributed by atoms with van der Waals surface area (Å²) in [7, 11) is 0. The topological polar surface area (TPSA) is 82.1 Å². The molecule has 3 aliphatic rings. The molecule has 6 nitrogen and oxygen atoms in total. The molecular formula is C27H34O6. The summed E-state index contributed by atoms with van der Waals surface area (Å²) in [6.07, 6.45) is 3.05. The zero-order valence-electron chi connectivity index (χ0n) is 20.0. The van der Waals surface area contributed by atoms with Crippen LogP contribution in [0.1, 0.15) is 59.4 Å². The van der Waals surface area contributed by atoms with Gasteiger partial charge in [-0.25, -0.2) is 9.59 Å². The Hall–Kier alpha value is -2.44. The van der Waals surface area contributed by atoms with E-state index in [2.05, 4.69) is 6.92 Å². The minimum absolute atomic E-state index is 0.00447. The van der Waals surface area contributed by atoms with Crippen molar-refractivity contribution in [3.05, 3.63) is 53.1 Å². The Morgan fingerprint density at radius 3 is 2.52 bits per heavy atom. The Kier molecular flexibility index (Phi) is 6.27. The van der Waals surface area contributed by atoms with Crippen LogP contribution in [0.25, 0.3) is 6.08 Å². The number of hydrogen-bond acceptors (Lipinski definition) is 6. The molecule has 0 saturated carbocycles. The van der Waals surface area contributed by atoms with Gasteiger partial charge in [-0.05, 0) is 56.7 Å². The van der Waals surface area contributed by atoms with Crippen LogP contribution in [0.5, 0.6) is 0 Å². The van der Waals surface area contributed by atoms with Crippen molar-refractivity contribution in [1.82, 2.24) is 0 Å². The van der Waals surface area contributed by atoms with Gasteiger partial charge < -0.3 is 19.3 Å². The molecule has 1 aromatic carbocycles. The van der Waals surface area contributed by atoms with Crippen molar-refractivity contribution in [3.63, 3.8) is 0 Å². The summed E-state index contributed by atoms with van der Waals surface area (Å²) in [6.45, 7) is 9.58. The highest BCUT2D eigenvalue weighted by molar-refractivity contribution is 5.87. The molecule has 1 aliphatic carbocycles. The summed E-state index contributed by atoms with van der Waals surface area (Å²) >= 11 is 0. The van der Waals surface area contributed by atoms with Gasteiger partial charge in [-0.15, -0.1) is 0 Å². The number of fused-ring (bicyclic) bond motifs is 4. The fraction of sp³-hybridized carbons (Fsp3) is 0.556. The third-order valence-corrected chi connectivity index (χ3v) is 7.67. The van der Waals surface area contributed by atoms with Crippen LogP contribution in [0.3, 0.4) is 0 Å². The van der Waals surface area contributed by atoms with Gasteiger partial charge >= 0.3 is 11.9 Å². The molecule has 0 unspecified atom stereocenters. The maximum Gasteiger partial charge on any atom is 0.335 e. The molecule has 6 heteroatoms. The largest absolute Gasteiger partial charge is 0.457 e. The van der Waals surface area contributed by atoms with Crippen molar-refractivity contribution in [2.75, 3.05) is 0 Å². The summed E-state index contributed by atoms with van der Waals surface area (Å²) < 4.78 is 18.7. The molecule has 2 heterocycles. The van der Waals surface area contributed by atoms with E-state index in [0.29, 0.717) is 6.42 Å². The molecule has 2 aliphatic heterocycles. The standard InChI is InChI=1S/C27H34O6/c1-16(2)27-15-21(31-25(30)18(4)28)26(5,33-27)20-13-11-17(3)23(20)24(27)32-22(29)14-12-19-9-7-6-8-10-19/h6-10,12,14,16,18,20-21,24,28H,11,13,15H2,1-5H3/b14-12+/t18-,20-,21-,24+,26+,27-/m1/s1. The number of esters is 2. The Morgan fingerprint density at radius 2 is 1.88 bits per heavy atom. The van der Waals surface area contributed by atoms with Crippen molar-refractivity contribution >= 4 is 18.0 Å². The van der Waals surface area contributed by atoms with Crippen molar-refractivity contribution in [1.29, 1.82) is 0 Å². The number of benzene rings is 1. The highest BCUT2D eigenvalue weighted by atomic mass is 16.6. The molecule has 1 N–H and O–H groups in total. The highest BCUT2D eigenvalue weighted by Gasteiger charge is 2.70. The monoisotopic (exact) mass is 454 g/mol. The summed E-state index contributed by atoms with van der Waals surface area (Å²) in [5.41, 5.74) is 1.69. The van der Waals surface area contributed by atoms with Gasteiger partial charge in [-0.3, -0.25) is 0 Å². The Balaban J connectivity index is 1.68. The van der Waals surface area contributed by atoms with Crippen molar-refractivity contribution < 1.29 is 28.9 Å². The number of allylic oxidation sites excluding steroid dienone is 1. The number of hydrogen-bond donors (Lipinski definition) is 1. The molecule has 2 bridgehead atoms. The first kappa shape index (κ1) is 23.7. The van der Waals surface area contributed by atoms with Gasteiger partial charge in [-0.2, -0.15) is 0 Å². The van der Waals surface area contributed by atoms with Crippen LogP contribution in [0.15, 0.2) is 47.6 Å². The molecule has 0 aromatic heterocycles. The second kappa shape index (κ2) is 8.73. The molecule has 1 aromatic rings. The number of aliphatic hydroxyl groups is 1. The third-order valence-electron chi connectivity index (χ3n) is 7.67. The number of carbonyl (C=O) groups excluding carboxylic acids is 2. The molecule has 178 valence electrons. The van der Waals surface area contributed by atoms with E-state index in [0.717, 1.165) is 24.0 Å². The van der Waals surface area contributed by atoms with E-state index in [-0.39, 0.29) is 11.8 Å². The van der Waals surface area contributed by atoms with Crippen LogP contribution in [-0.2, 0) is 23.8 Å². The number of rotatable bonds is 6. The fourth-order valence-corrected chi connectivity index (χ4v) is 5.79. The summed E-state index contributed by atoms with van der Waals surface area (Å²) in [5, 5.41) is 9.73. The van der Waals surface area contributed by atoms with E-state index in [9.17, 15) is 14.7 Å². The van der Waals surface area contributed by atoms with Crippen LogP contribution in [0, 0.1) is 11.8 Å². The lowest BCUT2D eigenvalue weighted by atomic mass is 9.74. The lowest BCUT2D eigenvalue weighted by Gasteiger charge is -2.50. The van der Waals surface area contributed by atoms with Gasteiger partial charge in [0, 0.05) is 18.4 Å². The smallest absolute Gasteiger partial charge is 0.335 e. The van der Waals surface area contributed by atoms with E-state index < -0.39 is 41.5 Å². The van der Waals surface area contributed by atoms with E-state index in [1.54, 1.807) is 6.08 Å². The quantitative estimate of drug-likeness (QED) is 0.394. The number of carbonyl (C=O) groups is 2. The van der Waals surface area contributed by atoms with Gasteiger partial charge in [0.15, 0.2) is 6.10 Å². The number of ether oxygens (including phenoxy) is 3. The van der Waals surface area contributed by atoms with Crippen LogP contribution in [-0.4, -0.2) is 46.6 Å². The van der Waals surface area contributed by atoms with Crippen LogP contribution >= 0.6 is 0 Å². The molecule has 33 heavy (non-hydrogen) atoms. The molecule has 2 saturated heterocycles. The van der Waals surface area contributed by atoms with Crippen molar-refractivity contribution in [2.24, 2.45) is 11.8 Å². The average molecular weight is 455 g/mol. The van der Waals surface area contributed by atoms with E-state index in [1.165, 1.54) is 18.6 Å². The maximum absolute atomic E-state index is 12.9. The van der Waals surface area contributed by atoms with Crippen LogP contribution in [0.4, 0.5) is 0 Å². The predicted molar refractivity (Wildman–Crippen MR) is 124 cm³/mol. The molecule has 6 atom stereocenters. The first-order chi connectivity index (χ1) is 15.6. The van der Waals surface area contributed by atoms with E-state index >= 15 is 0 Å². The molecule has 0 radical (unpaired) electrons. The first-order valence-corrected chi connectivity index (χ1v) is 11.8. The lowest BCUT2D eigenvalue weighted by molar-refractivity contribution is -0.223. The second-order valence-corrected chi connectivity index (χ2v) is 10.1. The Morgan fingerprint density at radius 1 is 1.18 bits per heavy atom. The summed E-state index contributed by atoms with van der Waals surface area (Å²) in [4.78, 5) is 25.2. The first-order valence-electron chi connectivity index (χ1n) is 11.8. The molecule has 0 spiro atoms. The average Bonchev–Trinajstić information content (AvgIpc) is 3.28. The lowest BCUT2D eigenvalue weighted by Crippen LogP contribution is -2.58. The minimum Gasteiger partial charge on any atom is -0.457 e. The Bertz CT molecular complexity index is 978. The third kappa shape index (κ3) is 4.04. The van der Waals surface area contributed by atoms with Gasteiger partial charge in [0.1, 0.15) is 23.4 Å². The summed E-state index contributed by atoms with van der Waals surface area (Å²) in [6, 6.07) is 9.60. The molecule has 0 amide bonds. The van der Waals surface area contributed by atoms with E-state index in [4.69, 9.17) is 14.2 Å². The molecule has 2 fully saturated rings. The normalized spacial score (nSPS) is 34.0. The van der Waals surface area contributed by atoms with Crippen LogP contribution < -0.4 is 0 Å². The second-order valence-electron chi connectivity index (χ2n) is 10.1. The maximum atomic E-state index is 12.9. The number of aliphatic hydroxyl groups excluding tert-OH is 1. The zero-order chi connectivity index (χ0) is 24.0. The minimum atomic E-state index is -1.21. The SMILES string of the molecule is CC1=C2[C@@H](CC1)[C@]1(C)O[C@@](C(C)C)(C[C@H]1OC(=O)[C@@H](C)O)[C@H]2OC(=O)/C=C/c1ccccc1. The van der Waals surface area contributed by atoms with Crippen molar-refractivity contribution in [3.8, 4) is 0 Å². The molecular weight excluding hydrogens is 420 g/mol. The van der Waals surface area contributed by atoms with Gasteiger partial charge in [0.2, 0.25) is 0 Å². The van der Waals surface area contributed by atoms with E-state index in [1.807, 2.05) is 51.1 Å². The predicted octanol–water partition coefficient (Wildman–Crippen LogP) is 4.22. The summed E-state index contributed by atoms with van der Waals surface area (Å²) in [5.74, 6) is -1.10. The van der Waals surface area contributed by atoms with Crippen LogP contribution in [0.2, 0.25) is 0 Å².